The third-order valence-electron chi connectivity index (χ3n) is 11.2. The summed E-state index contributed by atoms with van der Waals surface area (Å²) in [6, 6.07) is 4.63. The van der Waals surface area contributed by atoms with E-state index in [-0.39, 0.29) is 37.2 Å². The number of benzene rings is 1. The average molecular weight is 849 g/mol. The zero-order valence-corrected chi connectivity index (χ0v) is 37.5. The van der Waals surface area contributed by atoms with Crippen LogP contribution in [0.25, 0.3) is 16.5 Å². The minimum Gasteiger partial charge on any atom is -0.464 e. The highest BCUT2D eigenvalue weighted by Crippen LogP contribution is 2.41. The van der Waals surface area contributed by atoms with Gasteiger partial charge in [0.15, 0.2) is 0 Å². The molecule has 2 amide bonds. The van der Waals surface area contributed by atoms with Crippen molar-refractivity contribution in [2.24, 2.45) is 15.4 Å². The number of rotatable bonds is 10. The van der Waals surface area contributed by atoms with Crippen LogP contribution in [0.3, 0.4) is 0 Å². The summed E-state index contributed by atoms with van der Waals surface area (Å²) in [5.74, 6) is -0.132. The number of ether oxygens (including phenoxy) is 5. The van der Waals surface area contributed by atoms with Gasteiger partial charge in [-0.2, -0.15) is 0 Å². The molecule has 0 spiro atoms. The summed E-state index contributed by atoms with van der Waals surface area (Å²) in [4.78, 5) is 51.0. The van der Waals surface area contributed by atoms with Gasteiger partial charge in [0, 0.05) is 73.7 Å². The number of carbonyl (C=O) groups excluding carboxylic acids is 3. The Morgan fingerprint density at radius 3 is 2.68 bits per heavy atom. The summed E-state index contributed by atoms with van der Waals surface area (Å²) < 4.78 is 31.9. The fraction of sp³-hybridized carbons (Fsp3) is 0.622. The average Bonchev–Trinajstić information content (AvgIpc) is 3.80. The zero-order chi connectivity index (χ0) is 43.2. The summed E-state index contributed by atoms with van der Waals surface area (Å²) >= 11 is 1.58. The van der Waals surface area contributed by atoms with Crippen LogP contribution >= 0.6 is 11.8 Å². The number of hydrazine groups is 1. The van der Waals surface area contributed by atoms with E-state index < -0.39 is 35.2 Å². The maximum absolute atomic E-state index is 14.1. The van der Waals surface area contributed by atoms with Crippen molar-refractivity contribution in [1.82, 2.24) is 20.3 Å². The quantitative estimate of drug-likeness (QED) is 0.146. The third kappa shape index (κ3) is 11.1. The lowest BCUT2D eigenvalue weighted by Crippen LogP contribution is -2.60. The molecule has 0 radical (unpaired) electrons. The Kier molecular flexibility index (Phi) is 15.0. The van der Waals surface area contributed by atoms with Gasteiger partial charge in [0.25, 0.3) is 5.91 Å². The summed E-state index contributed by atoms with van der Waals surface area (Å²) in [7, 11) is 1.68. The van der Waals surface area contributed by atoms with E-state index in [1.807, 2.05) is 19.9 Å². The van der Waals surface area contributed by atoms with Crippen molar-refractivity contribution in [3.63, 3.8) is 0 Å². The van der Waals surface area contributed by atoms with Crippen LogP contribution in [-0.4, -0.2) is 115 Å². The van der Waals surface area contributed by atoms with E-state index in [0.29, 0.717) is 57.9 Å². The molecule has 0 saturated carbocycles. The van der Waals surface area contributed by atoms with Crippen LogP contribution in [0.2, 0.25) is 0 Å². The summed E-state index contributed by atoms with van der Waals surface area (Å²) in [5, 5.41) is 6.05. The monoisotopic (exact) mass is 848 g/mol. The number of alkyl carbamates (subject to hydrolysis) is 1. The Balaban J connectivity index is 1.49. The Morgan fingerprint density at radius 2 is 1.98 bits per heavy atom. The molecule has 2 fully saturated rings. The van der Waals surface area contributed by atoms with Crippen LogP contribution in [0.4, 0.5) is 4.79 Å². The van der Waals surface area contributed by atoms with Gasteiger partial charge < -0.3 is 33.6 Å². The van der Waals surface area contributed by atoms with E-state index in [9.17, 15) is 14.4 Å². The molecule has 2 saturated heterocycles. The number of thioether (sulfide) groups is 1. The topological polar surface area (TPSA) is 154 Å². The normalized spacial score (nSPS) is 24.1. The van der Waals surface area contributed by atoms with Gasteiger partial charge in [0.05, 0.1) is 47.9 Å². The molecule has 5 heterocycles. The number of esters is 1. The van der Waals surface area contributed by atoms with E-state index in [0.717, 1.165) is 56.9 Å². The predicted octanol–water partition coefficient (Wildman–Crippen LogP) is 6.95. The molecular weight excluding hydrogens is 785 g/mol. The molecule has 4 aliphatic rings. The lowest BCUT2D eigenvalue weighted by atomic mass is 9.84. The molecule has 1 unspecified atom stereocenters. The molecule has 4 aliphatic heterocycles. The molecule has 328 valence electrons. The van der Waals surface area contributed by atoms with Crippen LogP contribution in [0.15, 0.2) is 46.5 Å². The van der Waals surface area contributed by atoms with Crippen LogP contribution in [0.1, 0.15) is 103 Å². The van der Waals surface area contributed by atoms with E-state index in [1.165, 1.54) is 5.01 Å². The molecule has 6 bridgehead atoms. The third-order valence-corrected chi connectivity index (χ3v) is 12.3. The fourth-order valence-electron chi connectivity index (χ4n) is 8.22. The molecule has 2 N–H and O–H groups in total. The predicted molar refractivity (Wildman–Crippen MR) is 236 cm³/mol. The Morgan fingerprint density at radius 1 is 1.22 bits per heavy atom. The van der Waals surface area contributed by atoms with Gasteiger partial charge in [-0.25, -0.2) is 10.2 Å². The van der Waals surface area contributed by atoms with Crippen molar-refractivity contribution >= 4 is 57.5 Å². The van der Waals surface area contributed by atoms with Gasteiger partial charge in [-0.1, -0.05) is 32.6 Å². The second-order valence-electron chi connectivity index (χ2n) is 17.7. The fourth-order valence-corrected chi connectivity index (χ4v) is 9.32. The van der Waals surface area contributed by atoms with Crippen molar-refractivity contribution in [3.05, 3.63) is 53.4 Å². The molecule has 6 rings (SSSR count). The number of nitrogens with zero attached hydrogens (tertiary/aromatic N) is 4. The first-order valence-electron chi connectivity index (χ1n) is 21.3. The van der Waals surface area contributed by atoms with Crippen LogP contribution in [0.5, 0.6) is 0 Å². The molecule has 4 atom stereocenters. The molecular formula is C45H64N6O8S. The minimum absolute atomic E-state index is 0.133. The van der Waals surface area contributed by atoms with Crippen molar-refractivity contribution in [2.75, 3.05) is 45.8 Å². The number of methoxy groups -OCH3 is 1. The van der Waals surface area contributed by atoms with E-state index in [2.05, 4.69) is 53.9 Å². The van der Waals surface area contributed by atoms with Crippen LogP contribution in [-0.2, 0) is 46.2 Å². The number of hydrogen-bond acceptors (Lipinski definition) is 12. The Labute approximate surface area is 358 Å². The van der Waals surface area contributed by atoms with Gasteiger partial charge in [0.1, 0.15) is 17.7 Å². The number of aliphatic imine (C=N–C) groups is 2. The van der Waals surface area contributed by atoms with E-state index in [1.54, 1.807) is 45.9 Å². The highest BCUT2D eigenvalue weighted by molar-refractivity contribution is 8.14. The Bertz CT molecular complexity index is 1990. The standard InChI is InChI=1S/C45H64N6O8S/c1-10-31(39(46-11-2)28(3)55-9)40-33-25-45(7,8)27-58-42(53)34-13-12-18-51(49-34)41(52)35(48-43(54)59-44(4,5)6)24-38-47-36(26-60-38)29-14-15-37(32(33)23-29)50(40)19-22-57-30-16-20-56-21-17-30/h10-11,14-15,23,28,30,34-36,49H,1,12-13,16-22,24-27H2,2-9H3,(H,48,54)/b39-31+,46-11?/t28-,34-,35-,36?/m0/s1. The lowest BCUT2D eigenvalue weighted by molar-refractivity contribution is -0.155. The maximum Gasteiger partial charge on any atom is 0.408 e. The number of aromatic nitrogens is 1. The number of cyclic esters (lactones) is 1. The van der Waals surface area contributed by atoms with Crippen LogP contribution < -0.4 is 10.7 Å². The van der Waals surface area contributed by atoms with E-state index >= 15 is 0 Å². The van der Waals surface area contributed by atoms with Gasteiger partial charge in [-0.3, -0.25) is 24.6 Å². The van der Waals surface area contributed by atoms with E-state index in [4.69, 9.17) is 33.7 Å². The first kappa shape index (κ1) is 45.5. The second kappa shape index (κ2) is 19.8. The number of fused-ring (bicyclic) bond motifs is 5. The number of allylic oxidation sites excluding steroid dienone is 2. The van der Waals surface area contributed by atoms with Crippen molar-refractivity contribution in [2.45, 2.75) is 129 Å². The highest BCUT2D eigenvalue weighted by atomic mass is 32.2. The molecule has 0 aliphatic carbocycles. The SMILES string of the molecule is C=C/C(=C(\N=CC)[C@H](C)OC)c1c2c3cc(ccc3n1CCOC1CCOCC1)C1CSC(=N1)C[C@H](NC(=O)OC(C)(C)C)C(=O)N1CCC[C@H](N1)C(=O)OCC(C)(C)C2. The lowest BCUT2D eigenvalue weighted by Gasteiger charge is -2.35. The number of hydrogen-bond donors (Lipinski definition) is 2. The van der Waals surface area contributed by atoms with Gasteiger partial charge in [0.2, 0.25) is 0 Å². The largest absolute Gasteiger partial charge is 0.464 e. The molecule has 1 aromatic carbocycles. The molecule has 14 nitrogen and oxygen atoms in total. The minimum atomic E-state index is -0.974. The Hall–Kier alpha value is -4.02. The van der Waals surface area contributed by atoms with Gasteiger partial charge >= 0.3 is 12.1 Å². The number of nitrogens with one attached hydrogen (secondary N) is 2. The van der Waals surface area contributed by atoms with Crippen molar-refractivity contribution in [1.29, 1.82) is 0 Å². The highest BCUT2D eigenvalue weighted by Gasteiger charge is 2.37. The first-order chi connectivity index (χ1) is 28.6. The smallest absolute Gasteiger partial charge is 0.408 e. The van der Waals surface area contributed by atoms with Crippen molar-refractivity contribution in [3.8, 4) is 0 Å². The molecule has 60 heavy (non-hydrogen) atoms. The van der Waals surface area contributed by atoms with Gasteiger partial charge in [-0.15, -0.1) is 11.8 Å². The number of carbonyl (C=O) groups is 3. The maximum atomic E-state index is 14.1. The molecule has 1 aromatic heterocycles. The zero-order valence-electron chi connectivity index (χ0n) is 36.6. The van der Waals surface area contributed by atoms with Gasteiger partial charge in [-0.05, 0) is 90.0 Å². The number of amides is 2. The summed E-state index contributed by atoms with van der Waals surface area (Å²) in [6.45, 7) is 20.7. The molecule has 15 heteroatoms. The summed E-state index contributed by atoms with van der Waals surface area (Å²) in [5.41, 5.74) is 7.54. The summed E-state index contributed by atoms with van der Waals surface area (Å²) in [6.07, 6.45) is 6.29. The van der Waals surface area contributed by atoms with Crippen molar-refractivity contribution < 1.29 is 38.1 Å². The van der Waals surface area contributed by atoms with Crippen LogP contribution in [0, 0.1) is 5.41 Å². The first-order valence-corrected chi connectivity index (χ1v) is 22.3. The molecule has 2 aromatic rings. The second-order valence-corrected chi connectivity index (χ2v) is 18.8.